The van der Waals surface area contributed by atoms with Crippen LogP contribution in [0.3, 0.4) is 0 Å². The fourth-order valence-corrected chi connectivity index (χ4v) is 2.60. The number of ether oxygens (including phenoxy) is 1. The van der Waals surface area contributed by atoms with Crippen molar-refractivity contribution in [3.63, 3.8) is 0 Å². The molecule has 0 unspecified atom stereocenters. The first-order valence-electron chi connectivity index (χ1n) is 7.55. The number of aryl methyl sites for hydroxylation is 1. The minimum Gasteiger partial charge on any atom is -0.493 e. The average Bonchev–Trinajstić information content (AvgIpc) is 2.95. The van der Waals surface area contributed by atoms with Gasteiger partial charge in [0, 0.05) is 5.56 Å². The second-order valence-corrected chi connectivity index (χ2v) is 5.20. The summed E-state index contributed by atoms with van der Waals surface area (Å²) < 4.78 is 10.8. The molecule has 1 heterocycles. The lowest BCUT2D eigenvalue weighted by atomic mass is 10.0. The standard InChI is InChI=1S/C18H16N2O4/c1-3-23-16-10-8-13-6-4-5-7-14(13)15(16)9-11-17-18(20(21)22)12(2)19-24-17/h4-11H,3H2,1-2H3. The molecule has 3 aromatic rings. The molecular formula is C18H16N2O4. The van der Waals surface area contributed by atoms with Gasteiger partial charge in [-0.25, -0.2) is 0 Å². The van der Waals surface area contributed by atoms with Gasteiger partial charge in [0.05, 0.1) is 11.5 Å². The van der Waals surface area contributed by atoms with E-state index in [4.69, 9.17) is 9.26 Å². The van der Waals surface area contributed by atoms with Gasteiger partial charge < -0.3 is 9.26 Å². The van der Waals surface area contributed by atoms with E-state index in [1.165, 1.54) is 0 Å². The number of aromatic nitrogens is 1. The molecule has 0 aliphatic carbocycles. The number of hydrogen-bond acceptors (Lipinski definition) is 5. The van der Waals surface area contributed by atoms with Crippen molar-refractivity contribution in [3.05, 3.63) is 63.5 Å². The van der Waals surface area contributed by atoms with Crippen molar-refractivity contribution in [1.82, 2.24) is 5.16 Å². The van der Waals surface area contributed by atoms with Gasteiger partial charge in [-0.05, 0) is 42.8 Å². The molecule has 0 amide bonds. The van der Waals surface area contributed by atoms with E-state index in [9.17, 15) is 10.1 Å². The monoisotopic (exact) mass is 324 g/mol. The summed E-state index contributed by atoms with van der Waals surface area (Å²) in [5.41, 5.74) is 0.977. The second-order valence-electron chi connectivity index (χ2n) is 5.20. The lowest BCUT2D eigenvalue weighted by Gasteiger charge is -2.10. The summed E-state index contributed by atoms with van der Waals surface area (Å²) in [6.45, 7) is 3.98. The number of hydrogen-bond donors (Lipinski definition) is 0. The summed E-state index contributed by atoms with van der Waals surface area (Å²) in [6, 6.07) is 11.8. The fraction of sp³-hybridized carbons (Fsp3) is 0.167. The quantitative estimate of drug-likeness (QED) is 0.505. The van der Waals surface area contributed by atoms with E-state index in [1.807, 2.05) is 43.3 Å². The summed E-state index contributed by atoms with van der Waals surface area (Å²) in [5.74, 6) is 0.833. The van der Waals surface area contributed by atoms with E-state index >= 15 is 0 Å². The van der Waals surface area contributed by atoms with Gasteiger partial charge in [0.25, 0.3) is 0 Å². The molecule has 0 bridgehead atoms. The maximum atomic E-state index is 11.1. The Morgan fingerprint density at radius 3 is 2.79 bits per heavy atom. The summed E-state index contributed by atoms with van der Waals surface area (Å²) >= 11 is 0. The van der Waals surface area contributed by atoms with Gasteiger partial charge in [-0.2, -0.15) is 0 Å². The number of rotatable bonds is 5. The van der Waals surface area contributed by atoms with Crippen molar-refractivity contribution in [2.45, 2.75) is 13.8 Å². The van der Waals surface area contributed by atoms with Gasteiger partial charge in [-0.3, -0.25) is 10.1 Å². The van der Waals surface area contributed by atoms with Gasteiger partial charge >= 0.3 is 5.69 Å². The Morgan fingerprint density at radius 2 is 2.04 bits per heavy atom. The Kier molecular flexibility index (Phi) is 4.29. The van der Waals surface area contributed by atoms with Crippen molar-refractivity contribution in [3.8, 4) is 5.75 Å². The van der Waals surface area contributed by atoms with Crippen LogP contribution in [0.15, 0.2) is 40.9 Å². The van der Waals surface area contributed by atoms with Crippen molar-refractivity contribution >= 4 is 28.6 Å². The average molecular weight is 324 g/mol. The zero-order valence-electron chi connectivity index (χ0n) is 13.4. The SMILES string of the molecule is CCOc1ccc2ccccc2c1C=Cc1onc(C)c1[N+](=O)[O-]. The normalized spacial score (nSPS) is 11.2. The van der Waals surface area contributed by atoms with Crippen LogP contribution in [0, 0.1) is 17.0 Å². The third-order valence-electron chi connectivity index (χ3n) is 3.67. The zero-order valence-corrected chi connectivity index (χ0v) is 13.4. The largest absolute Gasteiger partial charge is 0.493 e. The highest BCUT2D eigenvalue weighted by Gasteiger charge is 2.22. The van der Waals surface area contributed by atoms with E-state index in [-0.39, 0.29) is 17.1 Å². The molecule has 3 rings (SSSR count). The molecule has 0 spiro atoms. The molecule has 122 valence electrons. The maximum absolute atomic E-state index is 11.1. The van der Waals surface area contributed by atoms with Crippen LogP contribution in [0.25, 0.3) is 22.9 Å². The third kappa shape index (κ3) is 2.86. The number of benzene rings is 2. The van der Waals surface area contributed by atoms with Crippen molar-refractivity contribution < 1.29 is 14.2 Å². The van der Waals surface area contributed by atoms with Crippen LogP contribution in [-0.4, -0.2) is 16.7 Å². The summed E-state index contributed by atoms with van der Waals surface area (Å²) in [5, 5.41) is 16.9. The molecule has 0 radical (unpaired) electrons. The molecule has 0 atom stereocenters. The van der Waals surface area contributed by atoms with E-state index in [1.54, 1.807) is 19.1 Å². The molecule has 0 fully saturated rings. The third-order valence-corrected chi connectivity index (χ3v) is 3.67. The van der Waals surface area contributed by atoms with Crippen LogP contribution in [0.1, 0.15) is 23.9 Å². The highest BCUT2D eigenvalue weighted by Crippen LogP contribution is 2.31. The van der Waals surface area contributed by atoms with Gasteiger partial charge in [0.15, 0.2) is 5.69 Å². The maximum Gasteiger partial charge on any atom is 0.338 e. The summed E-state index contributed by atoms with van der Waals surface area (Å²) in [7, 11) is 0. The Hall–Kier alpha value is -3.15. The predicted molar refractivity (Wildman–Crippen MR) is 91.9 cm³/mol. The zero-order chi connectivity index (χ0) is 17.1. The Balaban J connectivity index is 2.12. The topological polar surface area (TPSA) is 78.4 Å². The van der Waals surface area contributed by atoms with E-state index in [0.29, 0.717) is 12.4 Å². The molecule has 2 aromatic carbocycles. The lowest BCUT2D eigenvalue weighted by Crippen LogP contribution is -1.94. The highest BCUT2D eigenvalue weighted by molar-refractivity contribution is 5.95. The minimum atomic E-state index is -0.488. The van der Waals surface area contributed by atoms with Crippen molar-refractivity contribution in [2.24, 2.45) is 0 Å². The summed E-state index contributed by atoms with van der Waals surface area (Å²) in [4.78, 5) is 10.7. The Bertz CT molecular complexity index is 928. The predicted octanol–water partition coefficient (Wildman–Crippen LogP) is 4.61. The Morgan fingerprint density at radius 1 is 1.25 bits per heavy atom. The van der Waals surface area contributed by atoms with Gasteiger partial charge in [0.1, 0.15) is 5.75 Å². The Labute approximate surface area is 138 Å². The number of fused-ring (bicyclic) bond motifs is 1. The van der Waals surface area contributed by atoms with Gasteiger partial charge in [0.2, 0.25) is 5.76 Å². The highest BCUT2D eigenvalue weighted by atomic mass is 16.6. The number of nitro groups is 1. The molecule has 1 aromatic heterocycles. The molecule has 6 nitrogen and oxygen atoms in total. The molecule has 0 saturated carbocycles. The van der Waals surface area contributed by atoms with Crippen LogP contribution in [0.2, 0.25) is 0 Å². The van der Waals surface area contributed by atoms with Crippen LogP contribution >= 0.6 is 0 Å². The first-order valence-corrected chi connectivity index (χ1v) is 7.55. The van der Waals surface area contributed by atoms with Crippen LogP contribution < -0.4 is 4.74 Å². The number of nitrogens with zero attached hydrogens (tertiary/aromatic N) is 2. The second kappa shape index (κ2) is 6.54. The van der Waals surface area contributed by atoms with E-state index in [0.717, 1.165) is 16.3 Å². The van der Waals surface area contributed by atoms with Gasteiger partial charge in [-0.15, -0.1) is 0 Å². The molecule has 0 aliphatic rings. The molecule has 0 saturated heterocycles. The molecule has 0 aliphatic heterocycles. The van der Waals surface area contributed by atoms with Crippen LogP contribution in [-0.2, 0) is 0 Å². The van der Waals surface area contributed by atoms with Crippen molar-refractivity contribution in [2.75, 3.05) is 6.61 Å². The van der Waals surface area contributed by atoms with Gasteiger partial charge in [-0.1, -0.05) is 35.5 Å². The van der Waals surface area contributed by atoms with E-state index < -0.39 is 4.92 Å². The van der Waals surface area contributed by atoms with Crippen LogP contribution in [0.5, 0.6) is 5.75 Å². The van der Waals surface area contributed by atoms with Crippen LogP contribution in [0.4, 0.5) is 5.69 Å². The smallest absolute Gasteiger partial charge is 0.338 e. The first-order chi connectivity index (χ1) is 11.6. The first kappa shape index (κ1) is 15.7. The molecule has 0 N–H and O–H groups in total. The fourth-order valence-electron chi connectivity index (χ4n) is 2.60. The van der Waals surface area contributed by atoms with Crippen molar-refractivity contribution in [1.29, 1.82) is 0 Å². The molecular weight excluding hydrogens is 308 g/mol. The molecule has 24 heavy (non-hydrogen) atoms. The lowest BCUT2D eigenvalue weighted by molar-refractivity contribution is -0.386. The molecule has 6 heteroatoms. The minimum absolute atomic E-state index is 0.118. The van der Waals surface area contributed by atoms with E-state index in [2.05, 4.69) is 5.16 Å². The summed E-state index contributed by atoms with van der Waals surface area (Å²) in [6.07, 6.45) is 3.32.